The van der Waals surface area contributed by atoms with Crippen molar-refractivity contribution in [3.8, 4) is 11.5 Å². The summed E-state index contributed by atoms with van der Waals surface area (Å²) in [6.45, 7) is 7.23. The molecule has 28 heavy (non-hydrogen) atoms. The molecule has 2 N–H and O–H groups in total. The zero-order chi connectivity index (χ0) is 19.9. The number of carbonyl (C=O) groups is 1. The average molecular weight is 380 g/mol. The van der Waals surface area contributed by atoms with Crippen LogP contribution in [-0.4, -0.2) is 49.9 Å². The van der Waals surface area contributed by atoms with Crippen LogP contribution in [0.15, 0.2) is 47.5 Å². The molecule has 0 spiro atoms. The maximum Gasteiger partial charge on any atom is 0.251 e. The molecule has 0 saturated carbocycles. The van der Waals surface area contributed by atoms with E-state index in [2.05, 4.69) is 22.5 Å². The van der Waals surface area contributed by atoms with Gasteiger partial charge in [0, 0.05) is 31.7 Å². The third-order valence-electron chi connectivity index (χ3n) is 4.56. The van der Waals surface area contributed by atoms with Gasteiger partial charge in [0.05, 0.1) is 5.56 Å². The van der Waals surface area contributed by atoms with E-state index in [0.29, 0.717) is 23.5 Å². The molecule has 0 aromatic heterocycles. The van der Waals surface area contributed by atoms with Gasteiger partial charge in [-0.2, -0.15) is 0 Å². The molecule has 0 atom stereocenters. The minimum atomic E-state index is -0.107. The molecule has 1 amide bonds. The monoisotopic (exact) mass is 380 g/mol. The molecule has 0 aliphatic carbocycles. The number of carbonyl (C=O) groups excluding carboxylic acids is 1. The highest BCUT2D eigenvalue weighted by atomic mass is 16.5. The Kier molecular flexibility index (Phi) is 6.66. The summed E-state index contributed by atoms with van der Waals surface area (Å²) < 4.78 is 6.17. The lowest BCUT2D eigenvalue weighted by molar-refractivity contribution is 0.0956. The fourth-order valence-corrected chi connectivity index (χ4v) is 3.21. The predicted octanol–water partition coefficient (Wildman–Crippen LogP) is 3.55. The van der Waals surface area contributed by atoms with Crippen molar-refractivity contribution in [3.05, 3.63) is 53.6 Å². The predicted molar refractivity (Wildman–Crippen MR) is 113 cm³/mol. The molecular weight excluding hydrogens is 352 g/mol. The zero-order valence-electron chi connectivity index (χ0n) is 16.8. The van der Waals surface area contributed by atoms with Crippen molar-refractivity contribution >= 4 is 17.4 Å². The summed E-state index contributed by atoms with van der Waals surface area (Å²) >= 11 is 0. The van der Waals surface area contributed by atoms with Crippen LogP contribution in [0.3, 0.4) is 0 Å². The molecule has 0 radical (unpaired) electrons. The second kappa shape index (κ2) is 9.37. The molecule has 6 heteroatoms. The third-order valence-corrected chi connectivity index (χ3v) is 4.56. The van der Waals surface area contributed by atoms with Crippen molar-refractivity contribution in [1.82, 2.24) is 15.5 Å². The van der Waals surface area contributed by atoms with Gasteiger partial charge in [0.1, 0.15) is 17.3 Å². The summed E-state index contributed by atoms with van der Waals surface area (Å²) in [4.78, 5) is 19.5. The van der Waals surface area contributed by atoms with Gasteiger partial charge in [0.25, 0.3) is 5.91 Å². The number of ether oxygens (including phenoxy) is 1. The van der Waals surface area contributed by atoms with Crippen LogP contribution >= 0.6 is 0 Å². The molecule has 0 bridgehead atoms. The maximum atomic E-state index is 12.3. The van der Waals surface area contributed by atoms with Gasteiger partial charge in [-0.3, -0.25) is 4.79 Å². The SMILES string of the molecule is CCCN(CCNC)C1=Nc2cc(C(=O)NCC)ccc2Oc2ccccc21. The zero-order valence-corrected chi connectivity index (χ0v) is 16.8. The van der Waals surface area contributed by atoms with Gasteiger partial charge in [-0.05, 0) is 50.7 Å². The van der Waals surface area contributed by atoms with Crippen molar-refractivity contribution in [2.45, 2.75) is 20.3 Å². The summed E-state index contributed by atoms with van der Waals surface area (Å²) in [5.41, 5.74) is 2.21. The number of likely N-dealkylation sites (N-methyl/N-ethyl adjacent to an activating group) is 1. The number of para-hydroxylation sites is 1. The number of aliphatic imine (C=N–C) groups is 1. The van der Waals surface area contributed by atoms with Crippen LogP contribution in [0.5, 0.6) is 11.5 Å². The Morgan fingerprint density at radius 2 is 1.93 bits per heavy atom. The van der Waals surface area contributed by atoms with Crippen molar-refractivity contribution in [2.75, 3.05) is 33.2 Å². The number of fused-ring (bicyclic) bond motifs is 2. The quantitative estimate of drug-likeness (QED) is 0.771. The Bertz CT molecular complexity index is 863. The first-order valence-electron chi connectivity index (χ1n) is 9.85. The largest absolute Gasteiger partial charge is 0.454 e. The van der Waals surface area contributed by atoms with E-state index in [9.17, 15) is 4.79 Å². The van der Waals surface area contributed by atoms with Crippen LogP contribution in [-0.2, 0) is 0 Å². The first kappa shape index (κ1) is 19.9. The highest BCUT2D eigenvalue weighted by Crippen LogP contribution is 2.38. The van der Waals surface area contributed by atoms with Crippen LogP contribution in [0.2, 0.25) is 0 Å². The normalized spacial score (nSPS) is 12.2. The number of amides is 1. The lowest BCUT2D eigenvalue weighted by atomic mass is 10.1. The number of hydrogen-bond acceptors (Lipinski definition) is 5. The first-order chi connectivity index (χ1) is 13.7. The third kappa shape index (κ3) is 4.34. The number of hydrogen-bond donors (Lipinski definition) is 2. The minimum absolute atomic E-state index is 0.107. The fraction of sp³-hybridized carbons (Fsp3) is 0.364. The smallest absolute Gasteiger partial charge is 0.251 e. The summed E-state index contributed by atoms with van der Waals surface area (Å²) in [6.07, 6.45) is 1.01. The average Bonchev–Trinajstić information content (AvgIpc) is 2.87. The number of benzene rings is 2. The molecule has 2 aromatic carbocycles. The van der Waals surface area contributed by atoms with E-state index in [1.54, 1.807) is 12.1 Å². The van der Waals surface area contributed by atoms with Crippen LogP contribution in [0.25, 0.3) is 0 Å². The van der Waals surface area contributed by atoms with Gasteiger partial charge in [-0.15, -0.1) is 0 Å². The Morgan fingerprint density at radius 3 is 2.68 bits per heavy atom. The van der Waals surface area contributed by atoms with E-state index in [1.165, 1.54) is 0 Å². The van der Waals surface area contributed by atoms with Crippen LogP contribution in [0, 0.1) is 0 Å². The Balaban J connectivity index is 2.09. The van der Waals surface area contributed by atoms with Gasteiger partial charge >= 0.3 is 0 Å². The van der Waals surface area contributed by atoms with Gasteiger partial charge in [-0.1, -0.05) is 19.1 Å². The molecule has 1 aliphatic rings. The first-order valence-corrected chi connectivity index (χ1v) is 9.85. The summed E-state index contributed by atoms with van der Waals surface area (Å²) in [5, 5.41) is 6.05. The topological polar surface area (TPSA) is 66.0 Å². The Labute approximate surface area is 166 Å². The molecule has 148 valence electrons. The van der Waals surface area contributed by atoms with Gasteiger partial charge in [0.2, 0.25) is 0 Å². The van der Waals surface area contributed by atoms with Crippen molar-refractivity contribution in [3.63, 3.8) is 0 Å². The number of nitrogens with zero attached hydrogens (tertiary/aromatic N) is 2. The van der Waals surface area contributed by atoms with Crippen molar-refractivity contribution in [1.29, 1.82) is 0 Å². The van der Waals surface area contributed by atoms with Gasteiger partial charge in [0.15, 0.2) is 5.75 Å². The molecule has 1 heterocycles. The summed E-state index contributed by atoms with van der Waals surface area (Å²) in [7, 11) is 1.95. The van der Waals surface area contributed by atoms with E-state index in [1.807, 2.05) is 44.3 Å². The highest BCUT2D eigenvalue weighted by Gasteiger charge is 2.22. The summed E-state index contributed by atoms with van der Waals surface area (Å²) in [5.74, 6) is 2.20. The molecule has 0 saturated heterocycles. The standard InChI is InChI=1S/C22H28N4O2/c1-4-13-26(14-12-23-3)21-17-8-6-7-9-19(17)28-20-11-10-16(15-18(20)25-21)22(27)24-5-2/h6-11,15,23H,4-5,12-14H2,1-3H3,(H,24,27). The van der Waals surface area contributed by atoms with E-state index in [0.717, 1.165) is 43.2 Å². The minimum Gasteiger partial charge on any atom is -0.454 e. The Morgan fingerprint density at radius 1 is 1.11 bits per heavy atom. The lowest BCUT2D eigenvalue weighted by Crippen LogP contribution is -2.37. The van der Waals surface area contributed by atoms with Crippen molar-refractivity contribution < 1.29 is 9.53 Å². The van der Waals surface area contributed by atoms with E-state index in [4.69, 9.17) is 9.73 Å². The van der Waals surface area contributed by atoms with Crippen LogP contribution in [0.1, 0.15) is 36.2 Å². The lowest BCUT2D eigenvalue weighted by Gasteiger charge is -2.26. The van der Waals surface area contributed by atoms with Crippen molar-refractivity contribution in [2.24, 2.45) is 4.99 Å². The van der Waals surface area contributed by atoms with E-state index < -0.39 is 0 Å². The molecule has 1 aliphatic heterocycles. The van der Waals surface area contributed by atoms with Gasteiger partial charge in [-0.25, -0.2) is 4.99 Å². The van der Waals surface area contributed by atoms with Crippen LogP contribution < -0.4 is 15.4 Å². The number of nitrogens with one attached hydrogen (secondary N) is 2. The highest BCUT2D eigenvalue weighted by molar-refractivity contribution is 6.04. The van der Waals surface area contributed by atoms with Gasteiger partial charge < -0.3 is 20.3 Å². The Hall–Kier alpha value is -2.86. The molecule has 3 rings (SSSR count). The van der Waals surface area contributed by atoms with E-state index in [-0.39, 0.29) is 5.91 Å². The maximum absolute atomic E-state index is 12.3. The molecule has 0 unspecified atom stereocenters. The summed E-state index contributed by atoms with van der Waals surface area (Å²) in [6, 6.07) is 13.3. The van der Waals surface area contributed by atoms with Crippen LogP contribution in [0.4, 0.5) is 5.69 Å². The molecule has 2 aromatic rings. The number of rotatable bonds is 7. The molecular formula is C22H28N4O2. The molecule has 6 nitrogen and oxygen atoms in total. The second-order valence-corrected chi connectivity index (χ2v) is 6.67. The second-order valence-electron chi connectivity index (χ2n) is 6.67. The van der Waals surface area contributed by atoms with E-state index >= 15 is 0 Å². The molecule has 0 fully saturated rings. The fourth-order valence-electron chi connectivity index (χ4n) is 3.21. The number of amidine groups is 1.